The first-order valence-corrected chi connectivity index (χ1v) is 25.9. The van der Waals surface area contributed by atoms with Crippen molar-refractivity contribution >= 4 is 44.0 Å². The summed E-state index contributed by atoms with van der Waals surface area (Å²) in [6.07, 6.45) is 1.78. The second-order valence-electron chi connectivity index (χ2n) is 19.3. The molecule has 0 spiro atoms. The smallest absolute Gasteiger partial charge is 0.315 e. The van der Waals surface area contributed by atoms with Gasteiger partial charge in [-0.25, -0.2) is 0 Å². The number of ether oxygens (including phenoxy) is 3. The van der Waals surface area contributed by atoms with Gasteiger partial charge in [0.25, 0.3) is 20.2 Å². The summed E-state index contributed by atoms with van der Waals surface area (Å²) in [5, 5.41) is 10.0. The molecule has 5 rings (SSSR count). The second-order valence-corrected chi connectivity index (χ2v) is 22.6. The zero-order chi connectivity index (χ0) is 50.0. The molecule has 2 aliphatic heterocycles. The van der Waals surface area contributed by atoms with Crippen LogP contribution in [0.5, 0.6) is 0 Å². The topological polar surface area (TPSA) is 209 Å². The Labute approximate surface area is 396 Å². The molecule has 0 unspecified atom stereocenters. The minimum atomic E-state index is -3.74. The summed E-state index contributed by atoms with van der Waals surface area (Å²) in [6.45, 7) is 13.3. The summed E-state index contributed by atoms with van der Waals surface area (Å²) in [5.74, 6) is -3.76. The van der Waals surface area contributed by atoms with Crippen molar-refractivity contribution in [2.75, 3.05) is 52.0 Å². The summed E-state index contributed by atoms with van der Waals surface area (Å²) < 4.78 is 73.5. The Morgan fingerprint density at radius 3 is 1.36 bits per heavy atom. The number of likely N-dealkylation sites (tertiary alicyclic amines) is 2. The summed E-state index contributed by atoms with van der Waals surface area (Å²) in [7, 11) is -7.47. The Kier molecular flexibility index (Phi) is 18.5. The second kappa shape index (κ2) is 22.6. The van der Waals surface area contributed by atoms with Crippen LogP contribution in [0, 0.1) is 22.7 Å². The molecule has 0 aliphatic carbocycles. The number of hydrogen-bond donors (Lipinski definition) is 1. The maximum Gasteiger partial charge on any atom is 0.315 e. The first-order chi connectivity index (χ1) is 31.1. The molecule has 1 N–H and O–H groups in total. The van der Waals surface area contributed by atoms with Gasteiger partial charge in [0.2, 0.25) is 11.8 Å². The van der Waals surface area contributed by atoms with Crippen LogP contribution in [0.1, 0.15) is 97.0 Å². The minimum absolute atomic E-state index is 0.00481. The molecule has 2 saturated heterocycles. The normalized spacial score (nSPS) is 22.2. The van der Waals surface area contributed by atoms with Crippen molar-refractivity contribution < 1.29 is 63.7 Å². The maximum atomic E-state index is 13.9. The Morgan fingerprint density at radius 2 is 1.00 bits per heavy atom. The molecular formula is C49H68N2O14S2. The van der Waals surface area contributed by atoms with Gasteiger partial charge in [-0.1, -0.05) is 91.0 Å². The van der Waals surface area contributed by atoms with Gasteiger partial charge in [-0.3, -0.25) is 27.5 Å². The Bertz CT molecular complexity index is 2350. The lowest BCUT2D eigenvalue weighted by Crippen LogP contribution is -2.46. The van der Waals surface area contributed by atoms with Crippen molar-refractivity contribution in [3.8, 4) is 0 Å². The lowest BCUT2D eigenvalue weighted by molar-refractivity contribution is -0.173. The van der Waals surface area contributed by atoms with Crippen molar-refractivity contribution in [3.63, 3.8) is 0 Å². The van der Waals surface area contributed by atoms with Gasteiger partial charge >= 0.3 is 11.9 Å². The number of nitrogens with zero attached hydrogens (tertiary/aromatic N) is 2. The molecule has 6 atom stereocenters. The Hall–Kier alpha value is -4.72. The van der Waals surface area contributed by atoms with Crippen LogP contribution >= 0.6 is 0 Å². The fourth-order valence-corrected chi connectivity index (χ4v) is 9.09. The molecule has 0 saturated carbocycles. The number of benzene rings is 3. The third-order valence-electron chi connectivity index (χ3n) is 11.8. The molecule has 18 heteroatoms. The van der Waals surface area contributed by atoms with E-state index in [9.17, 15) is 41.1 Å². The Morgan fingerprint density at radius 1 is 0.642 bits per heavy atom. The zero-order valence-corrected chi connectivity index (χ0v) is 41.9. The van der Waals surface area contributed by atoms with Crippen LogP contribution in [-0.4, -0.2) is 119 Å². The highest BCUT2D eigenvalue weighted by Crippen LogP contribution is 2.47. The Balaban J connectivity index is 0.000000299. The van der Waals surface area contributed by atoms with Gasteiger partial charge < -0.3 is 29.1 Å². The molecule has 2 heterocycles. The van der Waals surface area contributed by atoms with Crippen molar-refractivity contribution in [1.29, 1.82) is 0 Å². The third kappa shape index (κ3) is 15.1. The van der Waals surface area contributed by atoms with E-state index in [1.807, 2.05) is 105 Å². The van der Waals surface area contributed by atoms with E-state index >= 15 is 0 Å². The minimum Gasteiger partial charge on any atom is -0.459 e. The summed E-state index contributed by atoms with van der Waals surface area (Å²) in [5.41, 5.74) is -1.66. The summed E-state index contributed by atoms with van der Waals surface area (Å²) in [4.78, 5) is 57.3. The van der Waals surface area contributed by atoms with E-state index in [4.69, 9.17) is 22.6 Å². The van der Waals surface area contributed by atoms with Crippen molar-refractivity contribution in [2.45, 2.75) is 98.1 Å². The van der Waals surface area contributed by atoms with Crippen LogP contribution in [0.2, 0.25) is 0 Å². The van der Waals surface area contributed by atoms with Crippen LogP contribution in [0.4, 0.5) is 0 Å². The van der Waals surface area contributed by atoms with Crippen molar-refractivity contribution in [3.05, 3.63) is 108 Å². The number of rotatable bonds is 19. The van der Waals surface area contributed by atoms with Gasteiger partial charge in [0, 0.05) is 13.1 Å². The van der Waals surface area contributed by atoms with E-state index in [1.54, 1.807) is 51.3 Å². The molecule has 0 bridgehead atoms. The maximum absolute atomic E-state index is 13.9. The molecule has 3 aromatic carbocycles. The molecule has 2 aliphatic rings. The van der Waals surface area contributed by atoms with Crippen molar-refractivity contribution in [1.82, 2.24) is 9.80 Å². The molecule has 2 amide bonds. The molecule has 0 radical (unpaired) electrons. The van der Waals surface area contributed by atoms with Gasteiger partial charge in [-0.2, -0.15) is 16.8 Å². The first kappa shape index (κ1) is 54.9. The average molecular weight is 973 g/mol. The molecule has 67 heavy (non-hydrogen) atoms. The average Bonchev–Trinajstić information content (AvgIpc) is 3.69. The molecule has 370 valence electrons. The summed E-state index contributed by atoms with van der Waals surface area (Å²) >= 11 is 0. The highest BCUT2D eigenvalue weighted by Gasteiger charge is 2.60. The summed E-state index contributed by atoms with van der Waals surface area (Å²) in [6, 6.07) is 27.8. The number of aliphatic hydroxyl groups excluding tert-OH is 1. The van der Waals surface area contributed by atoms with Gasteiger partial charge in [-0.05, 0) is 84.9 Å². The number of amides is 2. The largest absolute Gasteiger partial charge is 0.459 e. The van der Waals surface area contributed by atoms with Crippen molar-refractivity contribution in [2.24, 2.45) is 22.7 Å². The predicted octanol–water partition coefficient (Wildman–Crippen LogP) is 6.01. The van der Waals surface area contributed by atoms with E-state index in [0.29, 0.717) is 0 Å². The number of hydrogen-bond acceptors (Lipinski definition) is 14. The number of carbonyl (C=O) groups is 4. The predicted molar refractivity (Wildman–Crippen MR) is 251 cm³/mol. The third-order valence-corrected chi connectivity index (χ3v) is 13.0. The monoisotopic (exact) mass is 972 g/mol. The van der Waals surface area contributed by atoms with Crippen LogP contribution in [0.3, 0.4) is 0 Å². The highest BCUT2D eigenvalue weighted by molar-refractivity contribution is 7.86. The molecule has 2 fully saturated rings. The molecular weight excluding hydrogens is 905 g/mol. The van der Waals surface area contributed by atoms with Gasteiger partial charge in [-0.15, -0.1) is 0 Å². The number of esters is 2. The molecule has 0 aromatic heterocycles. The van der Waals surface area contributed by atoms with E-state index in [-0.39, 0.29) is 76.3 Å². The van der Waals surface area contributed by atoms with E-state index in [2.05, 4.69) is 0 Å². The molecule has 16 nitrogen and oxygen atoms in total. The lowest BCUT2D eigenvalue weighted by Gasteiger charge is -2.34. The molecule has 3 aromatic rings. The highest BCUT2D eigenvalue weighted by atomic mass is 32.2. The number of carbonyl (C=O) groups excluding carboxylic acids is 4. The van der Waals surface area contributed by atoms with E-state index in [1.165, 1.54) is 0 Å². The first-order valence-electron chi connectivity index (χ1n) is 22.2. The van der Waals surface area contributed by atoms with Crippen LogP contribution in [0.25, 0.3) is 0 Å². The van der Waals surface area contributed by atoms with E-state index in [0.717, 1.165) is 29.2 Å². The van der Waals surface area contributed by atoms with E-state index < -0.39 is 72.6 Å². The SMILES string of the molecule is C[C@H](c1ccccc1)N1C[C@@](CCOS(C)(=O)=O)(C(=O)OC(C)(C)C)[C@H](CO)C1=O.C[C@H](c1ccccc1)N1C[C@@](CCOS(C)(=O)=O)(C(=O)OC(C)(C)C)[C@H](COCc2ccccc2)C1=O. The van der Waals surface area contributed by atoms with Crippen LogP contribution in [-0.2, 0) is 68.6 Å². The standard InChI is InChI=1S/C28H37NO7S.C21H31NO7S/c1-21(23-14-10-7-11-15-23)29-20-28(16-17-35-37(5,32)33,26(31)36-27(2,3)4)24(25(29)30)19-34-18-22-12-8-6-9-13-22;1-15(16-9-7-6-8-10-16)22-14-21(17(13-23)18(22)24,11-12-28-30(5,26)27)19(25)29-20(2,3)4/h6-15,21,24H,16-20H2,1-5H3;6-10,15,17,23H,11-14H2,1-5H3/t21-,24-,28-;15-,17-,21-/m11/s1. The van der Waals surface area contributed by atoms with Gasteiger partial charge in [0.15, 0.2) is 0 Å². The number of aliphatic hydroxyl groups is 1. The fraction of sp³-hybridized carbons (Fsp3) is 0.551. The van der Waals surface area contributed by atoms with Gasteiger partial charge in [0.05, 0.1) is 69.5 Å². The zero-order valence-electron chi connectivity index (χ0n) is 40.3. The fourth-order valence-electron chi connectivity index (χ4n) is 8.32. The quantitative estimate of drug-likeness (QED) is 0.108. The van der Waals surface area contributed by atoms with Gasteiger partial charge in [0.1, 0.15) is 22.0 Å². The van der Waals surface area contributed by atoms with Crippen LogP contribution < -0.4 is 0 Å². The van der Waals surface area contributed by atoms with Crippen LogP contribution in [0.15, 0.2) is 91.0 Å². The lowest BCUT2D eigenvalue weighted by atomic mass is 9.75.